The standard InChI is InChI=1S/C24H32FN5O2/c1-28(2)23(32)29-14-18-10-24(11-19(18)15-29,9-17-6-4-3-5-7-17)27-13-22(31)30-16-20(25)8-21(30)12-26/h3-7,18-21,27H,8-11,13-16H2,1-2H3/t18-,19+,20?,21?,24?. The van der Waals surface area contributed by atoms with E-state index in [0.717, 1.165) is 32.4 Å². The average molecular weight is 442 g/mol. The molecule has 5 atom stereocenters. The Bertz CT molecular complexity index is 872. The second-order valence-corrected chi connectivity index (χ2v) is 9.83. The highest BCUT2D eigenvalue weighted by Gasteiger charge is 2.50. The van der Waals surface area contributed by atoms with E-state index in [1.165, 1.54) is 10.5 Å². The number of nitrogens with one attached hydrogen (secondary N) is 1. The summed E-state index contributed by atoms with van der Waals surface area (Å²) in [6.45, 7) is 1.56. The predicted molar refractivity (Wildman–Crippen MR) is 118 cm³/mol. The summed E-state index contributed by atoms with van der Waals surface area (Å²) in [6.07, 6.45) is 1.52. The molecule has 0 radical (unpaired) electrons. The number of carbonyl (C=O) groups is 2. The minimum absolute atomic E-state index is 0.00270. The Balaban J connectivity index is 1.46. The van der Waals surface area contributed by atoms with Crippen molar-refractivity contribution in [1.82, 2.24) is 20.0 Å². The molecule has 1 aromatic carbocycles. The van der Waals surface area contributed by atoms with Crippen LogP contribution in [0.2, 0.25) is 0 Å². The van der Waals surface area contributed by atoms with Crippen molar-refractivity contribution < 1.29 is 14.0 Å². The summed E-state index contributed by atoms with van der Waals surface area (Å²) in [5.74, 6) is 0.559. The van der Waals surface area contributed by atoms with E-state index < -0.39 is 12.2 Å². The minimum Gasteiger partial charge on any atom is -0.331 e. The largest absolute Gasteiger partial charge is 0.331 e. The van der Waals surface area contributed by atoms with Gasteiger partial charge in [-0.1, -0.05) is 30.3 Å². The molecule has 172 valence electrons. The third-order valence-electron chi connectivity index (χ3n) is 7.25. The number of alkyl halides is 1. The van der Waals surface area contributed by atoms with Crippen LogP contribution in [-0.4, -0.2) is 84.7 Å². The van der Waals surface area contributed by atoms with E-state index >= 15 is 0 Å². The first-order valence-corrected chi connectivity index (χ1v) is 11.4. The quantitative estimate of drug-likeness (QED) is 0.759. The lowest BCUT2D eigenvalue weighted by Gasteiger charge is -2.34. The van der Waals surface area contributed by atoms with E-state index in [4.69, 9.17) is 0 Å². The molecule has 3 fully saturated rings. The second kappa shape index (κ2) is 9.07. The Morgan fingerprint density at radius 3 is 2.44 bits per heavy atom. The highest BCUT2D eigenvalue weighted by Crippen LogP contribution is 2.45. The number of rotatable bonds is 5. The molecule has 3 aliphatic rings. The van der Waals surface area contributed by atoms with Crippen molar-refractivity contribution in [1.29, 1.82) is 5.26 Å². The van der Waals surface area contributed by atoms with Crippen LogP contribution in [-0.2, 0) is 11.2 Å². The molecule has 1 N–H and O–H groups in total. The maximum atomic E-state index is 13.8. The van der Waals surface area contributed by atoms with Crippen LogP contribution in [0.15, 0.2) is 30.3 Å². The fourth-order valence-electron chi connectivity index (χ4n) is 5.81. The van der Waals surface area contributed by atoms with Crippen LogP contribution >= 0.6 is 0 Å². The van der Waals surface area contributed by atoms with Crippen LogP contribution < -0.4 is 5.32 Å². The minimum atomic E-state index is -1.13. The van der Waals surface area contributed by atoms with Crippen LogP contribution in [0.3, 0.4) is 0 Å². The number of amides is 3. The third kappa shape index (κ3) is 4.58. The normalized spacial score (nSPS) is 31.4. The van der Waals surface area contributed by atoms with E-state index in [0.29, 0.717) is 11.8 Å². The van der Waals surface area contributed by atoms with Gasteiger partial charge in [0.2, 0.25) is 5.91 Å². The van der Waals surface area contributed by atoms with Crippen LogP contribution in [0.25, 0.3) is 0 Å². The Morgan fingerprint density at radius 2 is 1.84 bits per heavy atom. The molecule has 0 aromatic heterocycles. The number of halogens is 1. The summed E-state index contributed by atoms with van der Waals surface area (Å²) in [5, 5.41) is 12.8. The maximum Gasteiger partial charge on any atom is 0.319 e. The lowest BCUT2D eigenvalue weighted by Crippen LogP contribution is -2.51. The van der Waals surface area contributed by atoms with Gasteiger partial charge in [0, 0.05) is 39.1 Å². The number of nitrogens with zero attached hydrogens (tertiary/aromatic N) is 4. The molecule has 1 aliphatic carbocycles. The number of likely N-dealkylation sites (tertiary alicyclic amines) is 2. The molecule has 4 rings (SSSR count). The van der Waals surface area contributed by atoms with Gasteiger partial charge in [-0.25, -0.2) is 9.18 Å². The molecule has 7 nitrogen and oxygen atoms in total. The first-order chi connectivity index (χ1) is 15.3. The number of nitriles is 1. The predicted octanol–water partition coefficient (Wildman–Crippen LogP) is 2.04. The summed E-state index contributed by atoms with van der Waals surface area (Å²) >= 11 is 0. The van der Waals surface area contributed by atoms with Crippen LogP contribution in [0.4, 0.5) is 9.18 Å². The topological polar surface area (TPSA) is 79.7 Å². The fraction of sp³-hybridized carbons (Fsp3) is 0.625. The molecule has 0 spiro atoms. The van der Waals surface area contributed by atoms with Gasteiger partial charge in [0.25, 0.3) is 0 Å². The number of hydrogen-bond acceptors (Lipinski definition) is 4. The number of benzene rings is 1. The number of hydrogen-bond donors (Lipinski definition) is 1. The number of urea groups is 1. The smallest absolute Gasteiger partial charge is 0.319 e. The number of fused-ring (bicyclic) bond motifs is 1. The molecular formula is C24H32FN5O2. The van der Waals surface area contributed by atoms with Gasteiger partial charge < -0.3 is 20.0 Å². The van der Waals surface area contributed by atoms with Crippen LogP contribution in [0, 0.1) is 23.2 Å². The molecule has 3 unspecified atom stereocenters. The lowest BCUT2D eigenvalue weighted by atomic mass is 9.87. The summed E-state index contributed by atoms with van der Waals surface area (Å²) < 4.78 is 13.8. The number of carbonyl (C=O) groups excluding carboxylic acids is 2. The second-order valence-electron chi connectivity index (χ2n) is 9.83. The van der Waals surface area contributed by atoms with Crippen molar-refractivity contribution in [2.24, 2.45) is 11.8 Å². The first-order valence-electron chi connectivity index (χ1n) is 11.4. The molecular weight excluding hydrogens is 409 g/mol. The Morgan fingerprint density at radius 1 is 1.19 bits per heavy atom. The van der Waals surface area contributed by atoms with E-state index in [1.807, 2.05) is 23.1 Å². The Labute approximate surface area is 189 Å². The third-order valence-corrected chi connectivity index (χ3v) is 7.25. The Hall–Kier alpha value is -2.66. The maximum absolute atomic E-state index is 13.8. The van der Waals surface area contributed by atoms with Crippen LogP contribution in [0.5, 0.6) is 0 Å². The van der Waals surface area contributed by atoms with Gasteiger partial charge >= 0.3 is 6.03 Å². The van der Waals surface area contributed by atoms with Crippen molar-refractivity contribution in [2.75, 3.05) is 40.3 Å². The average Bonchev–Trinajstić information content (AvgIpc) is 3.43. The highest BCUT2D eigenvalue weighted by atomic mass is 19.1. The van der Waals surface area contributed by atoms with Gasteiger partial charge in [0.05, 0.1) is 19.2 Å². The van der Waals surface area contributed by atoms with E-state index in [2.05, 4.69) is 23.5 Å². The lowest BCUT2D eigenvalue weighted by molar-refractivity contribution is -0.130. The molecule has 32 heavy (non-hydrogen) atoms. The van der Waals surface area contributed by atoms with Gasteiger partial charge in [-0.05, 0) is 36.7 Å². The summed E-state index contributed by atoms with van der Waals surface area (Å²) in [7, 11) is 3.55. The van der Waals surface area contributed by atoms with E-state index in [-0.39, 0.29) is 37.0 Å². The van der Waals surface area contributed by atoms with Crippen molar-refractivity contribution in [3.05, 3.63) is 35.9 Å². The van der Waals surface area contributed by atoms with E-state index in [1.54, 1.807) is 19.0 Å². The summed E-state index contributed by atoms with van der Waals surface area (Å²) in [4.78, 5) is 30.2. The van der Waals surface area contributed by atoms with Crippen molar-refractivity contribution in [3.8, 4) is 6.07 Å². The summed E-state index contributed by atoms with van der Waals surface area (Å²) in [6, 6.07) is 11.6. The van der Waals surface area contributed by atoms with Gasteiger partial charge in [0.1, 0.15) is 12.2 Å². The fourth-order valence-corrected chi connectivity index (χ4v) is 5.81. The van der Waals surface area contributed by atoms with Crippen LogP contribution in [0.1, 0.15) is 24.8 Å². The molecule has 2 saturated heterocycles. The zero-order chi connectivity index (χ0) is 22.9. The van der Waals surface area contributed by atoms with Crippen molar-refractivity contribution in [3.63, 3.8) is 0 Å². The van der Waals surface area contributed by atoms with Gasteiger partial charge in [0.15, 0.2) is 0 Å². The first kappa shape index (κ1) is 22.5. The highest BCUT2D eigenvalue weighted by molar-refractivity contribution is 5.79. The van der Waals surface area contributed by atoms with Crippen molar-refractivity contribution >= 4 is 11.9 Å². The van der Waals surface area contributed by atoms with Crippen molar-refractivity contribution in [2.45, 2.75) is 43.4 Å². The molecule has 1 aromatic rings. The Kier molecular flexibility index (Phi) is 6.38. The molecule has 1 saturated carbocycles. The van der Waals surface area contributed by atoms with Gasteiger partial charge in [-0.15, -0.1) is 0 Å². The molecule has 0 bridgehead atoms. The molecule has 2 aliphatic heterocycles. The molecule has 2 heterocycles. The zero-order valence-corrected chi connectivity index (χ0v) is 18.8. The van der Waals surface area contributed by atoms with E-state index in [9.17, 15) is 19.2 Å². The molecule has 8 heteroatoms. The molecule has 3 amide bonds. The summed E-state index contributed by atoms with van der Waals surface area (Å²) in [5.41, 5.74) is 0.949. The monoisotopic (exact) mass is 441 g/mol. The zero-order valence-electron chi connectivity index (χ0n) is 18.8. The SMILES string of the molecule is CN(C)C(=O)N1C[C@@H]2CC(Cc3ccccc3)(NCC(=O)N3CC(F)CC3C#N)C[C@@H]2C1. The van der Waals surface area contributed by atoms with Gasteiger partial charge in [-0.3, -0.25) is 4.79 Å². The van der Waals surface area contributed by atoms with Gasteiger partial charge in [-0.2, -0.15) is 5.26 Å².